The third-order valence-electron chi connectivity index (χ3n) is 2.93. The number of nitrogens with zero attached hydrogens (tertiary/aromatic N) is 1. The van der Waals surface area contributed by atoms with E-state index in [1.807, 2.05) is 6.92 Å². The molecule has 2 amide bonds. The van der Waals surface area contributed by atoms with Crippen molar-refractivity contribution in [1.29, 1.82) is 0 Å². The summed E-state index contributed by atoms with van der Waals surface area (Å²) in [4.78, 5) is 25.3. The van der Waals surface area contributed by atoms with Gasteiger partial charge >= 0.3 is 0 Å². The zero-order chi connectivity index (χ0) is 13.5. The van der Waals surface area contributed by atoms with Gasteiger partial charge in [-0.05, 0) is 18.8 Å². The average molecular weight is 256 g/mol. The van der Waals surface area contributed by atoms with Crippen molar-refractivity contribution in [3.05, 3.63) is 0 Å². The summed E-state index contributed by atoms with van der Waals surface area (Å²) < 4.78 is 5.40. The normalized spacial score (nSPS) is 20.4. The molecule has 1 atom stereocenters. The molecule has 1 N–H and O–H groups in total. The molecule has 5 heteroatoms. The summed E-state index contributed by atoms with van der Waals surface area (Å²) in [5.74, 6) is 0.324. The van der Waals surface area contributed by atoms with E-state index in [-0.39, 0.29) is 24.4 Å². The first-order valence-corrected chi connectivity index (χ1v) is 6.71. The molecule has 0 bridgehead atoms. The Morgan fingerprint density at radius 3 is 2.72 bits per heavy atom. The van der Waals surface area contributed by atoms with Crippen LogP contribution in [0, 0.1) is 5.92 Å². The molecule has 1 aliphatic rings. The van der Waals surface area contributed by atoms with Crippen LogP contribution in [0.25, 0.3) is 0 Å². The monoisotopic (exact) mass is 256 g/mol. The fourth-order valence-electron chi connectivity index (χ4n) is 2.07. The summed E-state index contributed by atoms with van der Waals surface area (Å²) in [5.41, 5.74) is 0. The van der Waals surface area contributed by atoms with Gasteiger partial charge < -0.3 is 15.0 Å². The van der Waals surface area contributed by atoms with Crippen LogP contribution in [0.1, 0.15) is 33.6 Å². The van der Waals surface area contributed by atoms with Crippen molar-refractivity contribution in [2.45, 2.75) is 39.7 Å². The fourth-order valence-corrected chi connectivity index (χ4v) is 2.07. The number of ether oxygens (including phenoxy) is 1. The molecular formula is C13H24N2O3. The molecule has 5 nitrogen and oxygen atoms in total. The molecule has 0 saturated carbocycles. The Hall–Kier alpha value is -1.10. The van der Waals surface area contributed by atoms with Gasteiger partial charge in [-0.3, -0.25) is 9.59 Å². The molecule has 1 rings (SSSR count). The van der Waals surface area contributed by atoms with Gasteiger partial charge in [-0.1, -0.05) is 20.8 Å². The van der Waals surface area contributed by atoms with Gasteiger partial charge in [-0.25, -0.2) is 0 Å². The summed E-state index contributed by atoms with van der Waals surface area (Å²) >= 11 is 0. The fraction of sp³-hybridized carbons (Fsp3) is 0.846. The number of nitrogens with one attached hydrogen (secondary N) is 1. The van der Waals surface area contributed by atoms with Crippen molar-refractivity contribution in [3.63, 3.8) is 0 Å². The van der Waals surface area contributed by atoms with Crippen LogP contribution in [0.15, 0.2) is 0 Å². The highest BCUT2D eigenvalue weighted by molar-refractivity contribution is 5.94. The molecular weight excluding hydrogens is 232 g/mol. The highest BCUT2D eigenvalue weighted by atomic mass is 16.5. The molecule has 0 radical (unpaired) electrons. The molecule has 0 aliphatic carbocycles. The first kappa shape index (κ1) is 15.0. The Morgan fingerprint density at radius 1 is 1.39 bits per heavy atom. The van der Waals surface area contributed by atoms with Gasteiger partial charge in [0.25, 0.3) is 0 Å². The first-order chi connectivity index (χ1) is 8.56. The van der Waals surface area contributed by atoms with Crippen molar-refractivity contribution in [2.24, 2.45) is 5.92 Å². The third kappa shape index (κ3) is 4.29. The van der Waals surface area contributed by atoms with Crippen LogP contribution in [0.2, 0.25) is 0 Å². The topological polar surface area (TPSA) is 58.6 Å². The lowest BCUT2D eigenvalue weighted by molar-refractivity contribution is -0.147. The van der Waals surface area contributed by atoms with Crippen LogP contribution in [0.4, 0.5) is 0 Å². The van der Waals surface area contributed by atoms with E-state index in [0.29, 0.717) is 32.1 Å². The molecule has 0 aromatic heterocycles. The Morgan fingerprint density at radius 2 is 2.11 bits per heavy atom. The highest BCUT2D eigenvalue weighted by Crippen LogP contribution is 2.14. The molecule has 1 fully saturated rings. The van der Waals surface area contributed by atoms with Crippen LogP contribution in [-0.2, 0) is 14.3 Å². The van der Waals surface area contributed by atoms with E-state index in [1.165, 1.54) is 0 Å². The lowest BCUT2D eigenvalue weighted by Gasteiger charge is -2.35. The zero-order valence-corrected chi connectivity index (χ0v) is 11.6. The summed E-state index contributed by atoms with van der Waals surface area (Å²) in [6.45, 7) is 7.96. The Bertz CT molecular complexity index is 292. The summed E-state index contributed by atoms with van der Waals surface area (Å²) in [7, 11) is 0. The second-order valence-corrected chi connectivity index (χ2v) is 5.06. The van der Waals surface area contributed by atoms with Gasteiger partial charge in [-0.15, -0.1) is 0 Å². The van der Waals surface area contributed by atoms with Gasteiger partial charge in [0.15, 0.2) is 0 Å². The number of carbonyl (C=O) groups excluding carboxylic acids is 2. The van der Waals surface area contributed by atoms with Gasteiger partial charge in [0.2, 0.25) is 11.8 Å². The van der Waals surface area contributed by atoms with Gasteiger partial charge in [0.1, 0.15) is 6.04 Å². The van der Waals surface area contributed by atoms with E-state index in [0.717, 1.165) is 6.42 Å². The zero-order valence-electron chi connectivity index (χ0n) is 11.6. The number of hydrogen-bond acceptors (Lipinski definition) is 3. The lowest BCUT2D eigenvalue weighted by atomic mass is 10.00. The summed E-state index contributed by atoms with van der Waals surface area (Å²) in [5, 5.41) is 2.65. The van der Waals surface area contributed by atoms with Crippen LogP contribution in [-0.4, -0.2) is 49.1 Å². The summed E-state index contributed by atoms with van der Waals surface area (Å²) in [6.07, 6.45) is 1.66. The molecule has 18 heavy (non-hydrogen) atoms. The van der Waals surface area contributed by atoms with Gasteiger partial charge in [0, 0.05) is 13.2 Å². The van der Waals surface area contributed by atoms with Crippen molar-refractivity contribution in [2.75, 3.05) is 26.3 Å². The van der Waals surface area contributed by atoms with Crippen molar-refractivity contribution >= 4 is 11.8 Å². The Kier molecular flexibility index (Phi) is 6.12. The minimum Gasteiger partial charge on any atom is -0.380 e. The molecule has 0 aromatic rings. The van der Waals surface area contributed by atoms with Crippen LogP contribution >= 0.6 is 0 Å². The molecule has 104 valence electrons. The molecule has 0 spiro atoms. The van der Waals surface area contributed by atoms with Crippen LogP contribution in [0.5, 0.6) is 0 Å². The largest absolute Gasteiger partial charge is 0.380 e. The lowest BCUT2D eigenvalue weighted by Crippen LogP contribution is -2.59. The molecule has 1 unspecified atom stereocenters. The minimum atomic E-state index is -0.337. The Balaban J connectivity index is 2.55. The van der Waals surface area contributed by atoms with Crippen molar-refractivity contribution in [1.82, 2.24) is 10.2 Å². The number of carbonyl (C=O) groups is 2. The molecule has 1 heterocycles. The maximum absolute atomic E-state index is 11.9. The van der Waals surface area contributed by atoms with E-state index < -0.39 is 0 Å². The maximum atomic E-state index is 11.9. The predicted octanol–water partition coefficient (Wildman–Crippen LogP) is 0.786. The van der Waals surface area contributed by atoms with Crippen molar-refractivity contribution < 1.29 is 14.3 Å². The summed E-state index contributed by atoms with van der Waals surface area (Å²) in [6, 6.07) is -0.337. The quantitative estimate of drug-likeness (QED) is 0.685. The van der Waals surface area contributed by atoms with Crippen LogP contribution < -0.4 is 5.32 Å². The van der Waals surface area contributed by atoms with E-state index in [1.54, 1.807) is 4.90 Å². The highest BCUT2D eigenvalue weighted by Gasteiger charge is 2.34. The first-order valence-electron chi connectivity index (χ1n) is 6.71. The smallest absolute Gasteiger partial charge is 0.243 e. The van der Waals surface area contributed by atoms with E-state index in [9.17, 15) is 9.59 Å². The maximum Gasteiger partial charge on any atom is 0.243 e. The second kappa shape index (κ2) is 7.36. The number of rotatable bonds is 7. The molecule has 0 aromatic carbocycles. The minimum absolute atomic E-state index is 0.0136. The number of piperazine rings is 1. The third-order valence-corrected chi connectivity index (χ3v) is 2.93. The molecule has 1 aliphatic heterocycles. The van der Waals surface area contributed by atoms with E-state index >= 15 is 0 Å². The average Bonchev–Trinajstić information content (AvgIpc) is 2.32. The predicted molar refractivity (Wildman–Crippen MR) is 69.1 cm³/mol. The van der Waals surface area contributed by atoms with Gasteiger partial charge in [0.05, 0.1) is 13.2 Å². The SMILES string of the molecule is CCCOCCN1C(=O)CNC(=O)C1CC(C)C. The standard InChI is InChI=1S/C13H24N2O3/c1-4-6-18-7-5-15-11(8-10(2)3)13(17)14-9-12(15)16/h10-11H,4-9H2,1-3H3,(H,14,17). The second-order valence-electron chi connectivity index (χ2n) is 5.06. The Labute approximate surface area is 109 Å². The van der Waals surface area contributed by atoms with E-state index in [4.69, 9.17) is 4.74 Å². The van der Waals surface area contributed by atoms with E-state index in [2.05, 4.69) is 19.2 Å². The van der Waals surface area contributed by atoms with Crippen molar-refractivity contribution in [3.8, 4) is 0 Å². The molecule has 1 saturated heterocycles. The van der Waals surface area contributed by atoms with Crippen LogP contribution in [0.3, 0.4) is 0 Å². The number of hydrogen-bond donors (Lipinski definition) is 1. The van der Waals surface area contributed by atoms with Gasteiger partial charge in [-0.2, -0.15) is 0 Å². The number of amides is 2.